The molecule has 0 amide bonds. The quantitative estimate of drug-likeness (QED) is 0.172. The summed E-state index contributed by atoms with van der Waals surface area (Å²) < 4.78 is 9.11. The molecule has 1 aliphatic carbocycles. The molecule has 0 saturated heterocycles. The fourth-order valence-corrected chi connectivity index (χ4v) is 6.92. The van der Waals surface area contributed by atoms with Gasteiger partial charge in [-0.3, -0.25) is 0 Å². The molecule has 1 aliphatic heterocycles. The number of aromatic nitrogens is 1. The SMILES string of the molecule is Cc1c2c(c(C)c3ccccc13)-c1c3c(cc4cc(C5CCC(C)(C)CC5)ccc4c3cc[n+]1C)O2. The first kappa shape index (κ1) is 21.9. The van der Waals surface area contributed by atoms with Gasteiger partial charge < -0.3 is 4.74 Å². The van der Waals surface area contributed by atoms with Crippen LogP contribution in [0.1, 0.15) is 62.1 Å². The van der Waals surface area contributed by atoms with Gasteiger partial charge in [0.15, 0.2) is 6.20 Å². The standard InChI is InChI=1S/C34H34NO/c1-20-25-8-6-7-9-26(25)21(2)33-30(20)32-31-28(14-17-35(32)5)27-11-10-23(18-24(27)19-29(31)36-33)22-12-15-34(3,4)16-13-22/h6-11,14,17-19,22H,12-13,15-16H2,1-5H3/q+1. The third-order valence-electron chi connectivity index (χ3n) is 9.16. The maximum absolute atomic E-state index is 6.83. The van der Waals surface area contributed by atoms with Crippen molar-refractivity contribution < 1.29 is 9.30 Å². The Morgan fingerprint density at radius 3 is 2.31 bits per heavy atom. The summed E-state index contributed by atoms with van der Waals surface area (Å²) in [5.74, 6) is 2.65. The van der Waals surface area contributed by atoms with Crippen LogP contribution in [0.5, 0.6) is 11.5 Å². The minimum absolute atomic E-state index is 0.487. The van der Waals surface area contributed by atoms with Crippen molar-refractivity contribution in [2.45, 2.75) is 59.3 Å². The van der Waals surface area contributed by atoms with Crippen molar-refractivity contribution >= 4 is 32.3 Å². The van der Waals surface area contributed by atoms with Gasteiger partial charge in [-0.05, 0) is 89.6 Å². The molecular weight excluding hydrogens is 438 g/mol. The molecule has 5 aromatic rings. The van der Waals surface area contributed by atoms with Crippen LogP contribution < -0.4 is 9.30 Å². The molecule has 2 aliphatic rings. The van der Waals surface area contributed by atoms with E-state index in [1.165, 1.54) is 85.9 Å². The first-order valence-corrected chi connectivity index (χ1v) is 13.4. The third-order valence-corrected chi connectivity index (χ3v) is 9.16. The van der Waals surface area contributed by atoms with E-state index in [0.717, 1.165) is 11.5 Å². The fourth-order valence-electron chi connectivity index (χ4n) is 6.92. The first-order valence-electron chi connectivity index (χ1n) is 13.4. The van der Waals surface area contributed by atoms with Crippen LogP contribution in [-0.4, -0.2) is 0 Å². The molecular formula is C34H34NO+. The van der Waals surface area contributed by atoms with Crippen LogP contribution in [0.15, 0.2) is 60.8 Å². The summed E-state index contributed by atoms with van der Waals surface area (Å²) in [5.41, 5.74) is 6.97. The van der Waals surface area contributed by atoms with Crippen LogP contribution in [0.4, 0.5) is 0 Å². The molecule has 1 aromatic heterocycles. The zero-order valence-corrected chi connectivity index (χ0v) is 22.0. The number of pyridine rings is 1. The Balaban J connectivity index is 1.48. The zero-order valence-electron chi connectivity index (χ0n) is 22.0. The lowest BCUT2D eigenvalue weighted by Gasteiger charge is -2.34. The minimum atomic E-state index is 0.487. The summed E-state index contributed by atoms with van der Waals surface area (Å²) in [6, 6.07) is 20.5. The van der Waals surface area contributed by atoms with E-state index in [2.05, 4.69) is 100 Å². The summed E-state index contributed by atoms with van der Waals surface area (Å²) in [7, 11) is 2.16. The minimum Gasteiger partial charge on any atom is -0.455 e. The van der Waals surface area contributed by atoms with E-state index in [-0.39, 0.29) is 0 Å². The number of benzene rings is 4. The summed E-state index contributed by atoms with van der Waals surface area (Å²) in [4.78, 5) is 0. The number of ether oxygens (including phenoxy) is 1. The number of nitrogens with zero attached hydrogens (tertiary/aromatic N) is 1. The predicted octanol–water partition coefficient (Wildman–Crippen LogP) is 9.04. The van der Waals surface area contributed by atoms with E-state index in [1.807, 2.05) is 0 Å². The van der Waals surface area contributed by atoms with Gasteiger partial charge in [0.05, 0.1) is 10.9 Å². The van der Waals surface area contributed by atoms with Gasteiger partial charge in [-0.2, -0.15) is 0 Å². The van der Waals surface area contributed by atoms with Crippen LogP contribution in [0.2, 0.25) is 0 Å². The van der Waals surface area contributed by atoms with Gasteiger partial charge >= 0.3 is 0 Å². The summed E-state index contributed by atoms with van der Waals surface area (Å²) in [6.45, 7) is 9.28. The molecule has 1 saturated carbocycles. The Kier molecular flexibility index (Phi) is 4.59. The summed E-state index contributed by atoms with van der Waals surface area (Å²) in [6.07, 6.45) is 7.41. The highest BCUT2D eigenvalue weighted by Gasteiger charge is 2.33. The number of fused-ring (bicyclic) bond motifs is 5. The molecule has 4 aromatic carbocycles. The van der Waals surface area contributed by atoms with Crippen LogP contribution in [0.25, 0.3) is 43.6 Å². The molecule has 36 heavy (non-hydrogen) atoms. The predicted molar refractivity (Wildman–Crippen MR) is 150 cm³/mol. The Bertz CT molecular complexity index is 1720. The van der Waals surface area contributed by atoms with Gasteiger partial charge in [-0.1, -0.05) is 56.3 Å². The Labute approximate surface area is 213 Å². The highest BCUT2D eigenvalue weighted by atomic mass is 16.5. The van der Waals surface area contributed by atoms with Gasteiger partial charge in [0.25, 0.3) is 0 Å². The molecule has 0 atom stereocenters. The molecule has 2 heteroatoms. The van der Waals surface area contributed by atoms with Crippen LogP contribution in [0, 0.1) is 19.3 Å². The van der Waals surface area contributed by atoms with Crippen molar-refractivity contribution in [3.05, 3.63) is 77.5 Å². The van der Waals surface area contributed by atoms with Gasteiger partial charge in [-0.25, -0.2) is 4.57 Å². The van der Waals surface area contributed by atoms with Gasteiger partial charge in [0.1, 0.15) is 18.5 Å². The number of hydrogen-bond donors (Lipinski definition) is 0. The summed E-state index contributed by atoms with van der Waals surface area (Å²) in [5, 5.41) is 7.69. The fraction of sp³-hybridized carbons (Fsp3) is 0.324. The highest BCUT2D eigenvalue weighted by Crippen LogP contribution is 2.52. The van der Waals surface area contributed by atoms with E-state index in [9.17, 15) is 0 Å². The largest absolute Gasteiger partial charge is 0.455 e. The van der Waals surface area contributed by atoms with Gasteiger partial charge in [0, 0.05) is 17.0 Å². The Hall–Kier alpha value is -3.39. The van der Waals surface area contributed by atoms with Crippen LogP contribution >= 0.6 is 0 Å². The lowest BCUT2D eigenvalue weighted by molar-refractivity contribution is -0.659. The monoisotopic (exact) mass is 472 g/mol. The molecule has 0 bridgehead atoms. The molecule has 0 radical (unpaired) electrons. The third kappa shape index (κ3) is 3.06. The van der Waals surface area contributed by atoms with Crippen molar-refractivity contribution in [1.29, 1.82) is 0 Å². The maximum atomic E-state index is 6.83. The second kappa shape index (κ2) is 7.56. The molecule has 2 nitrogen and oxygen atoms in total. The van der Waals surface area contributed by atoms with Crippen molar-refractivity contribution in [2.75, 3.05) is 0 Å². The second-order valence-electron chi connectivity index (χ2n) is 12.0. The molecule has 0 N–H and O–H groups in total. The van der Waals surface area contributed by atoms with Crippen molar-refractivity contribution in [3.8, 4) is 22.8 Å². The number of rotatable bonds is 1. The Morgan fingerprint density at radius 2 is 1.56 bits per heavy atom. The number of aryl methyl sites for hydroxylation is 3. The molecule has 7 rings (SSSR count). The maximum Gasteiger partial charge on any atom is 0.228 e. The molecule has 0 spiro atoms. The lowest BCUT2D eigenvalue weighted by atomic mass is 9.71. The zero-order chi connectivity index (χ0) is 24.8. The van der Waals surface area contributed by atoms with E-state index < -0.39 is 0 Å². The molecule has 0 unspecified atom stereocenters. The average molecular weight is 473 g/mol. The lowest BCUT2D eigenvalue weighted by Crippen LogP contribution is -2.32. The van der Waals surface area contributed by atoms with Crippen molar-refractivity contribution in [2.24, 2.45) is 12.5 Å². The van der Waals surface area contributed by atoms with Crippen LogP contribution in [0.3, 0.4) is 0 Å². The van der Waals surface area contributed by atoms with E-state index in [0.29, 0.717) is 11.3 Å². The van der Waals surface area contributed by atoms with Crippen LogP contribution in [-0.2, 0) is 7.05 Å². The van der Waals surface area contributed by atoms with Gasteiger partial charge in [0.2, 0.25) is 5.69 Å². The molecule has 180 valence electrons. The number of hydrogen-bond acceptors (Lipinski definition) is 1. The Morgan fingerprint density at radius 1 is 0.833 bits per heavy atom. The van der Waals surface area contributed by atoms with E-state index in [4.69, 9.17) is 4.74 Å². The van der Waals surface area contributed by atoms with Crippen molar-refractivity contribution in [3.63, 3.8) is 0 Å². The highest BCUT2D eigenvalue weighted by molar-refractivity contribution is 6.16. The average Bonchev–Trinajstić information content (AvgIpc) is 2.88. The molecule has 1 fully saturated rings. The smallest absolute Gasteiger partial charge is 0.228 e. The first-order chi connectivity index (χ1) is 17.3. The van der Waals surface area contributed by atoms with E-state index >= 15 is 0 Å². The molecule has 2 heterocycles. The second-order valence-corrected chi connectivity index (χ2v) is 12.0. The summed E-state index contributed by atoms with van der Waals surface area (Å²) >= 11 is 0. The van der Waals surface area contributed by atoms with E-state index in [1.54, 1.807) is 0 Å². The topological polar surface area (TPSA) is 13.1 Å². The van der Waals surface area contributed by atoms with Crippen molar-refractivity contribution in [1.82, 2.24) is 0 Å². The van der Waals surface area contributed by atoms with Gasteiger partial charge in [-0.15, -0.1) is 0 Å². The normalized spacial score (nSPS) is 16.9.